The molecule has 0 aromatic carbocycles. The van der Waals surface area contributed by atoms with Crippen LogP contribution in [-0.2, 0) is 5.54 Å². The number of hydrogen-bond acceptors (Lipinski definition) is 4. The van der Waals surface area contributed by atoms with Gasteiger partial charge >= 0.3 is 0 Å². The van der Waals surface area contributed by atoms with E-state index in [1.165, 1.54) is 0 Å². The maximum Gasteiger partial charge on any atom is 0.213 e. The summed E-state index contributed by atoms with van der Waals surface area (Å²) in [5.41, 5.74) is 6.46. The fraction of sp³-hybridized carbons (Fsp3) is 0.583. The largest absolute Gasteiger partial charge is 0.475 e. The van der Waals surface area contributed by atoms with Crippen molar-refractivity contribution in [3.8, 4) is 5.88 Å². The van der Waals surface area contributed by atoms with Crippen LogP contribution in [0, 0.1) is 0 Å². The lowest BCUT2D eigenvalue weighted by Gasteiger charge is -2.41. The second-order valence-electron chi connectivity index (χ2n) is 4.75. The van der Waals surface area contributed by atoms with Crippen molar-refractivity contribution in [1.29, 1.82) is 0 Å². The molecule has 2 rings (SSSR count). The van der Waals surface area contributed by atoms with Crippen molar-refractivity contribution in [3.63, 3.8) is 0 Å². The zero-order valence-corrected chi connectivity index (χ0v) is 9.68. The summed E-state index contributed by atoms with van der Waals surface area (Å²) in [5, 5.41) is 9.32. The van der Waals surface area contributed by atoms with E-state index in [-0.39, 0.29) is 12.2 Å². The van der Waals surface area contributed by atoms with Crippen LogP contribution in [0.4, 0.5) is 0 Å². The zero-order chi connectivity index (χ0) is 11.8. The lowest BCUT2D eigenvalue weighted by molar-refractivity contribution is 0.0184. The molecule has 1 aliphatic carbocycles. The smallest absolute Gasteiger partial charge is 0.213 e. The number of ether oxygens (including phenoxy) is 1. The van der Waals surface area contributed by atoms with E-state index >= 15 is 0 Å². The molecule has 1 fully saturated rings. The summed E-state index contributed by atoms with van der Waals surface area (Å²) in [6.45, 7) is 3.92. The molecular formula is C12H18N2O2. The molecule has 1 aromatic heterocycles. The Hall–Kier alpha value is -1.13. The van der Waals surface area contributed by atoms with Crippen molar-refractivity contribution in [2.24, 2.45) is 5.73 Å². The summed E-state index contributed by atoms with van der Waals surface area (Å²) < 4.78 is 5.52. The number of aliphatic hydroxyl groups is 1. The molecule has 0 unspecified atom stereocenters. The van der Waals surface area contributed by atoms with E-state index in [4.69, 9.17) is 10.5 Å². The molecule has 4 heteroatoms. The molecule has 1 saturated carbocycles. The normalized spacial score (nSPS) is 28.9. The third-order valence-corrected chi connectivity index (χ3v) is 2.79. The summed E-state index contributed by atoms with van der Waals surface area (Å²) in [4.78, 5) is 4.38. The minimum atomic E-state index is -0.476. The highest BCUT2D eigenvalue weighted by molar-refractivity contribution is 5.25. The van der Waals surface area contributed by atoms with Gasteiger partial charge in [0.1, 0.15) is 0 Å². The molecule has 0 radical (unpaired) electrons. The number of hydrogen-bond donors (Lipinski definition) is 2. The Labute approximate surface area is 95.4 Å². The second kappa shape index (κ2) is 4.03. The van der Waals surface area contributed by atoms with Crippen molar-refractivity contribution in [2.75, 3.05) is 0 Å². The Morgan fingerprint density at radius 3 is 2.75 bits per heavy atom. The molecule has 0 atom stereocenters. The summed E-state index contributed by atoms with van der Waals surface area (Å²) in [6.07, 6.45) is 0.959. The van der Waals surface area contributed by atoms with Crippen LogP contribution in [0.1, 0.15) is 32.4 Å². The van der Waals surface area contributed by atoms with E-state index in [9.17, 15) is 5.11 Å². The Morgan fingerprint density at radius 2 is 2.19 bits per heavy atom. The van der Waals surface area contributed by atoms with Gasteiger partial charge in [-0.1, -0.05) is 6.07 Å². The van der Waals surface area contributed by atoms with Crippen LogP contribution in [0.5, 0.6) is 5.88 Å². The van der Waals surface area contributed by atoms with E-state index < -0.39 is 5.54 Å². The molecule has 0 saturated heterocycles. The number of nitrogens with zero attached hydrogens (tertiary/aromatic N) is 1. The molecule has 0 aliphatic heterocycles. The summed E-state index contributed by atoms with van der Waals surface area (Å²) in [6, 6.07) is 5.60. The van der Waals surface area contributed by atoms with E-state index in [1.54, 1.807) is 0 Å². The third kappa shape index (κ3) is 2.18. The number of aromatic nitrogens is 1. The fourth-order valence-electron chi connectivity index (χ4n) is 1.99. The SMILES string of the molecule is CC(C)Oc1cccc(C2(N)CC(O)C2)n1. The van der Waals surface area contributed by atoms with Gasteiger partial charge in [0, 0.05) is 6.07 Å². The third-order valence-electron chi connectivity index (χ3n) is 2.79. The molecule has 4 nitrogen and oxygen atoms in total. The number of aliphatic hydroxyl groups excluding tert-OH is 1. The van der Waals surface area contributed by atoms with Gasteiger partial charge in [-0.3, -0.25) is 0 Å². The molecule has 0 bridgehead atoms. The molecule has 0 spiro atoms. The van der Waals surface area contributed by atoms with Gasteiger partial charge in [0.15, 0.2) is 0 Å². The van der Waals surface area contributed by atoms with Crippen LogP contribution in [0.3, 0.4) is 0 Å². The minimum Gasteiger partial charge on any atom is -0.475 e. The van der Waals surface area contributed by atoms with Crippen LogP contribution >= 0.6 is 0 Å². The Kier molecular flexibility index (Phi) is 2.86. The number of nitrogens with two attached hydrogens (primary N) is 1. The van der Waals surface area contributed by atoms with Crippen LogP contribution < -0.4 is 10.5 Å². The van der Waals surface area contributed by atoms with E-state index in [2.05, 4.69) is 4.98 Å². The van der Waals surface area contributed by atoms with Crippen molar-refractivity contribution < 1.29 is 9.84 Å². The van der Waals surface area contributed by atoms with Gasteiger partial charge in [-0.05, 0) is 32.8 Å². The van der Waals surface area contributed by atoms with Gasteiger partial charge in [0.05, 0.1) is 23.4 Å². The van der Waals surface area contributed by atoms with E-state index in [0.29, 0.717) is 18.7 Å². The Morgan fingerprint density at radius 1 is 1.50 bits per heavy atom. The average Bonchev–Trinajstić information content (AvgIpc) is 2.15. The quantitative estimate of drug-likeness (QED) is 0.805. The summed E-state index contributed by atoms with van der Waals surface area (Å²) in [5.74, 6) is 0.596. The van der Waals surface area contributed by atoms with Crippen molar-refractivity contribution >= 4 is 0 Å². The maximum absolute atomic E-state index is 9.32. The predicted molar refractivity (Wildman–Crippen MR) is 61.1 cm³/mol. The first-order valence-electron chi connectivity index (χ1n) is 5.61. The number of rotatable bonds is 3. The second-order valence-corrected chi connectivity index (χ2v) is 4.75. The molecule has 1 aromatic rings. The first-order valence-corrected chi connectivity index (χ1v) is 5.61. The fourth-order valence-corrected chi connectivity index (χ4v) is 1.99. The topological polar surface area (TPSA) is 68.4 Å². The lowest BCUT2D eigenvalue weighted by Crippen LogP contribution is -2.52. The first kappa shape index (κ1) is 11.4. The first-order chi connectivity index (χ1) is 7.49. The predicted octanol–water partition coefficient (Wildman–Crippen LogP) is 1.18. The highest BCUT2D eigenvalue weighted by atomic mass is 16.5. The zero-order valence-electron chi connectivity index (χ0n) is 9.68. The highest BCUT2D eigenvalue weighted by Gasteiger charge is 2.42. The van der Waals surface area contributed by atoms with Crippen LogP contribution in [-0.4, -0.2) is 22.3 Å². The standard InChI is InChI=1S/C12H18N2O2/c1-8(2)16-11-5-3-4-10(14-11)12(13)6-9(15)7-12/h3-5,8-9,15H,6-7,13H2,1-2H3. The summed E-state index contributed by atoms with van der Waals surface area (Å²) in [7, 11) is 0. The molecule has 1 heterocycles. The van der Waals surface area contributed by atoms with Crippen molar-refractivity contribution in [1.82, 2.24) is 4.98 Å². The molecule has 0 amide bonds. The molecule has 3 N–H and O–H groups in total. The van der Waals surface area contributed by atoms with Crippen molar-refractivity contribution in [2.45, 2.75) is 44.4 Å². The van der Waals surface area contributed by atoms with Gasteiger partial charge in [-0.2, -0.15) is 0 Å². The van der Waals surface area contributed by atoms with Crippen molar-refractivity contribution in [3.05, 3.63) is 23.9 Å². The molecule has 1 aliphatic rings. The van der Waals surface area contributed by atoms with E-state index in [0.717, 1.165) is 5.69 Å². The van der Waals surface area contributed by atoms with Gasteiger partial charge in [-0.15, -0.1) is 0 Å². The van der Waals surface area contributed by atoms with Crippen LogP contribution in [0.2, 0.25) is 0 Å². The minimum absolute atomic E-state index is 0.100. The lowest BCUT2D eigenvalue weighted by atomic mass is 9.73. The van der Waals surface area contributed by atoms with Crippen LogP contribution in [0.25, 0.3) is 0 Å². The Balaban J connectivity index is 2.16. The number of pyridine rings is 1. The molecular weight excluding hydrogens is 204 g/mol. The maximum atomic E-state index is 9.32. The average molecular weight is 222 g/mol. The van der Waals surface area contributed by atoms with Gasteiger partial charge in [-0.25, -0.2) is 4.98 Å². The van der Waals surface area contributed by atoms with E-state index in [1.807, 2.05) is 32.0 Å². The molecule has 16 heavy (non-hydrogen) atoms. The Bertz CT molecular complexity index is 373. The summed E-state index contributed by atoms with van der Waals surface area (Å²) >= 11 is 0. The van der Waals surface area contributed by atoms with Gasteiger partial charge < -0.3 is 15.6 Å². The monoisotopic (exact) mass is 222 g/mol. The van der Waals surface area contributed by atoms with Gasteiger partial charge in [0.25, 0.3) is 0 Å². The van der Waals surface area contributed by atoms with Gasteiger partial charge in [0.2, 0.25) is 5.88 Å². The van der Waals surface area contributed by atoms with Crippen LogP contribution in [0.15, 0.2) is 18.2 Å². The molecule has 88 valence electrons. The highest BCUT2D eigenvalue weighted by Crippen LogP contribution is 2.38.